The van der Waals surface area contributed by atoms with Gasteiger partial charge in [0.25, 0.3) is 11.2 Å². The standard InChI is InChI=1S/C12H7Cl3N4O4/c13-6-1-2-9(19(22)23)8(3-6)17-10(20)5-18-12(21)11(15)7(14)4-16-18/h1-4H,5H2,(H,17,20). The number of amides is 1. The summed E-state index contributed by atoms with van der Waals surface area (Å²) in [7, 11) is 0. The van der Waals surface area contributed by atoms with Crippen molar-refractivity contribution in [3.63, 3.8) is 0 Å². The van der Waals surface area contributed by atoms with Gasteiger partial charge < -0.3 is 5.32 Å². The van der Waals surface area contributed by atoms with E-state index in [1.807, 2.05) is 0 Å². The Bertz CT molecular complexity index is 853. The summed E-state index contributed by atoms with van der Waals surface area (Å²) < 4.78 is 0.778. The number of benzene rings is 1. The molecule has 0 spiro atoms. The third-order valence-corrected chi connectivity index (χ3v) is 3.65. The molecule has 23 heavy (non-hydrogen) atoms. The summed E-state index contributed by atoms with van der Waals surface area (Å²) in [6.45, 7) is -0.501. The van der Waals surface area contributed by atoms with E-state index < -0.39 is 22.9 Å². The van der Waals surface area contributed by atoms with Gasteiger partial charge in [-0.05, 0) is 12.1 Å². The largest absolute Gasteiger partial charge is 0.319 e. The molecule has 0 aliphatic carbocycles. The van der Waals surface area contributed by atoms with Gasteiger partial charge in [0.2, 0.25) is 5.91 Å². The van der Waals surface area contributed by atoms with Gasteiger partial charge in [-0.1, -0.05) is 34.8 Å². The SMILES string of the molecule is O=C(Cn1ncc(Cl)c(Cl)c1=O)Nc1cc(Cl)ccc1[N+](=O)[O-]. The Morgan fingerprint density at radius 2 is 2.04 bits per heavy atom. The van der Waals surface area contributed by atoms with E-state index in [1.54, 1.807) is 0 Å². The molecule has 11 heteroatoms. The van der Waals surface area contributed by atoms with Crippen LogP contribution in [0.15, 0.2) is 29.2 Å². The molecule has 0 saturated carbocycles. The molecule has 1 amide bonds. The average molecular weight is 378 g/mol. The monoisotopic (exact) mass is 376 g/mol. The third kappa shape index (κ3) is 3.98. The third-order valence-electron chi connectivity index (χ3n) is 2.67. The molecule has 0 unspecified atom stereocenters. The number of rotatable bonds is 4. The lowest BCUT2D eigenvalue weighted by Crippen LogP contribution is -2.30. The van der Waals surface area contributed by atoms with Crippen molar-refractivity contribution < 1.29 is 9.72 Å². The molecule has 0 radical (unpaired) electrons. The van der Waals surface area contributed by atoms with Gasteiger partial charge in [-0.15, -0.1) is 0 Å². The van der Waals surface area contributed by atoms with Crippen LogP contribution in [0.1, 0.15) is 0 Å². The molecule has 0 bridgehead atoms. The minimum Gasteiger partial charge on any atom is -0.319 e. The van der Waals surface area contributed by atoms with Gasteiger partial charge in [0.1, 0.15) is 17.3 Å². The zero-order valence-corrected chi connectivity index (χ0v) is 13.4. The van der Waals surface area contributed by atoms with Crippen LogP contribution in [-0.2, 0) is 11.3 Å². The van der Waals surface area contributed by atoms with Crippen molar-refractivity contribution >= 4 is 52.1 Å². The zero-order chi connectivity index (χ0) is 17.1. The van der Waals surface area contributed by atoms with Crippen LogP contribution < -0.4 is 10.9 Å². The number of nitro benzene ring substituents is 1. The molecule has 2 aromatic rings. The Morgan fingerprint density at radius 3 is 2.70 bits per heavy atom. The van der Waals surface area contributed by atoms with E-state index in [1.165, 1.54) is 12.1 Å². The van der Waals surface area contributed by atoms with E-state index >= 15 is 0 Å². The van der Waals surface area contributed by atoms with Gasteiger partial charge in [0.15, 0.2) is 0 Å². The number of nitrogens with one attached hydrogen (secondary N) is 1. The molecular weight excluding hydrogens is 371 g/mol. The Balaban J connectivity index is 2.24. The van der Waals surface area contributed by atoms with Crippen LogP contribution in [0.3, 0.4) is 0 Å². The number of anilines is 1. The highest BCUT2D eigenvalue weighted by molar-refractivity contribution is 6.41. The van der Waals surface area contributed by atoms with E-state index in [0.29, 0.717) is 0 Å². The van der Waals surface area contributed by atoms with Crippen molar-refractivity contribution in [3.05, 3.63) is 59.9 Å². The van der Waals surface area contributed by atoms with Crippen LogP contribution in [-0.4, -0.2) is 20.6 Å². The first-order valence-corrected chi connectivity index (χ1v) is 7.08. The maximum absolute atomic E-state index is 12.0. The fourth-order valence-electron chi connectivity index (χ4n) is 1.65. The highest BCUT2D eigenvalue weighted by atomic mass is 35.5. The summed E-state index contributed by atoms with van der Waals surface area (Å²) in [4.78, 5) is 34.0. The van der Waals surface area contributed by atoms with Gasteiger partial charge >= 0.3 is 0 Å². The number of hydrogen-bond acceptors (Lipinski definition) is 5. The molecule has 1 aromatic heterocycles. The number of carbonyl (C=O) groups is 1. The number of carbonyl (C=O) groups excluding carboxylic acids is 1. The van der Waals surface area contributed by atoms with Crippen LogP contribution in [0, 0.1) is 10.1 Å². The second kappa shape index (κ2) is 6.95. The van der Waals surface area contributed by atoms with Crippen molar-refractivity contribution in [1.82, 2.24) is 9.78 Å². The van der Waals surface area contributed by atoms with E-state index in [2.05, 4.69) is 10.4 Å². The summed E-state index contributed by atoms with van der Waals surface area (Å²) in [5.41, 5.74) is -1.19. The quantitative estimate of drug-likeness (QED) is 0.651. The number of hydrogen-bond donors (Lipinski definition) is 1. The predicted octanol–water partition coefficient (Wildman–Crippen LogP) is 2.75. The Labute approximate surface area is 143 Å². The zero-order valence-electron chi connectivity index (χ0n) is 11.1. The number of aromatic nitrogens is 2. The van der Waals surface area contributed by atoms with E-state index in [-0.39, 0.29) is 26.4 Å². The van der Waals surface area contributed by atoms with Crippen molar-refractivity contribution in [2.45, 2.75) is 6.54 Å². The van der Waals surface area contributed by atoms with Gasteiger partial charge in [-0.2, -0.15) is 5.10 Å². The summed E-state index contributed by atoms with van der Waals surface area (Å²) in [5.74, 6) is -0.719. The first kappa shape index (κ1) is 17.2. The van der Waals surface area contributed by atoms with E-state index in [0.717, 1.165) is 16.9 Å². The van der Waals surface area contributed by atoms with Crippen LogP contribution in [0.25, 0.3) is 0 Å². The smallest absolute Gasteiger partial charge is 0.292 e. The Kier molecular flexibility index (Phi) is 5.19. The molecular formula is C12H7Cl3N4O4. The summed E-state index contributed by atoms with van der Waals surface area (Å²) in [5, 5.41) is 16.8. The first-order valence-electron chi connectivity index (χ1n) is 5.94. The van der Waals surface area contributed by atoms with Gasteiger partial charge in [-0.25, -0.2) is 4.68 Å². The van der Waals surface area contributed by atoms with E-state index in [9.17, 15) is 19.7 Å². The lowest BCUT2D eigenvalue weighted by atomic mass is 10.2. The Morgan fingerprint density at radius 1 is 1.35 bits per heavy atom. The first-order chi connectivity index (χ1) is 10.8. The van der Waals surface area contributed by atoms with Crippen LogP contribution in [0.2, 0.25) is 15.1 Å². The van der Waals surface area contributed by atoms with Crippen molar-refractivity contribution in [3.8, 4) is 0 Å². The average Bonchev–Trinajstić information content (AvgIpc) is 2.47. The summed E-state index contributed by atoms with van der Waals surface area (Å²) in [6.07, 6.45) is 1.11. The van der Waals surface area contributed by atoms with Crippen LogP contribution in [0.5, 0.6) is 0 Å². The topological polar surface area (TPSA) is 107 Å². The molecule has 0 saturated heterocycles. The summed E-state index contributed by atoms with van der Waals surface area (Å²) >= 11 is 17.1. The molecule has 120 valence electrons. The van der Waals surface area contributed by atoms with Gasteiger partial charge in [0, 0.05) is 11.1 Å². The van der Waals surface area contributed by atoms with Crippen molar-refractivity contribution in [1.29, 1.82) is 0 Å². The number of nitrogens with zero attached hydrogens (tertiary/aromatic N) is 3. The molecule has 0 atom stereocenters. The molecule has 0 aliphatic heterocycles. The molecule has 0 aliphatic rings. The normalized spacial score (nSPS) is 10.4. The molecule has 1 N–H and O–H groups in total. The van der Waals surface area contributed by atoms with Crippen molar-refractivity contribution in [2.75, 3.05) is 5.32 Å². The highest BCUT2D eigenvalue weighted by Gasteiger charge is 2.17. The fraction of sp³-hybridized carbons (Fsp3) is 0.0833. The highest BCUT2D eigenvalue weighted by Crippen LogP contribution is 2.27. The molecule has 1 heterocycles. The second-order valence-electron chi connectivity index (χ2n) is 4.24. The lowest BCUT2D eigenvalue weighted by molar-refractivity contribution is -0.383. The molecule has 2 rings (SSSR count). The predicted molar refractivity (Wildman–Crippen MR) is 85.3 cm³/mol. The second-order valence-corrected chi connectivity index (χ2v) is 5.46. The fourth-order valence-corrected chi connectivity index (χ4v) is 2.09. The van der Waals surface area contributed by atoms with Crippen LogP contribution in [0.4, 0.5) is 11.4 Å². The Hall–Kier alpha value is -2.16. The number of halogens is 3. The van der Waals surface area contributed by atoms with Gasteiger partial charge in [-0.3, -0.25) is 19.7 Å². The van der Waals surface area contributed by atoms with Crippen molar-refractivity contribution in [2.24, 2.45) is 0 Å². The van der Waals surface area contributed by atoms with E-state index in [4.69, 9.17) is 34.8 Å². The maximum Gasteiger partial charge on any atom is 0.292 e. The van der Waals surface area contributed by atoms with Gasteiger partial charge in [0.05, 0.1) is 16.1 Å². The molecule has 0 fully saturated rings. The van der Waals surface area contributed by atoms with Crippen LogP contribution >= 0.6 is 34.8 Å². The molecule has 1 aromatic carbocycles. The maximum atomic E-state index is 12.0. The number of nitro groups is 1. The minimum absolute atomic E-state index is 0.0428. The molecule has 8 nitrogen and oxygen atoms in total. The lowest BCUT2D eigenvalue weighted by Gasteiger charge is -2.08. The minimum atomic E-state index is -0.755. The summed E-state index contributed by atoms with van der Waals surface area (Å²) in [6, 6.07) is 3.70.